The van der Waals surface area contributed by atoms with Crippen LogP contribution in [0, 0.1) is 0 Å². The molecule has 0 atom stereocenters. The van der Waals surface area contributed by atoms with Gasteiger partial charge >= 0.3 is 6.03 Å². The van der Waals surface area contributed by atoms with Crippen LogP contribution >= 0.6 is 0 Å². The number of hydrogen-bond acceptors (Lipinski definition) is 2. The number of carbonyl (C=O) groups is 1. The number of nitrogen functional groups attached to an aromatic ring is 1. The summed E-state index contributed by atoms with van der Waals surface area (Å²) in [5.41, 5.74) is 6.95. The number of anilines is 1. The normalized spacial score (nSPS) is 10.9. The molecule has 4 nitrogen and oxygen atoms in total. The Balaban J connectivity index is 2.76. The summed E-state index contributed by atoms with van der Waals surface area (Å²) in [7, 11) is 0. The fourth-order valence-electron chi connectivity index (χ4n) is 1.46. The number of carbonyl (C=O) groups excluding carboxylic acids is 1. The van der Waals surface area contributed by atoms with Gasteiger partial charge in [-0.3, -0.25) is 0 Å². The highest BCUT2D eigenvalue weighted by atomic mass is 16.2. The van der Waals surface area contributed by atoms with Crippen LogP contribution in [0.3, 0.4) is 0 Å². The van der Waals surface area contributed by atoms with Crippen molar-refractivity contribution in [3.8, 4) is 0 Å². The van der Waals surface area contributed by atoms with Gasteiger partial charge in [0.05, 0.1) is 5.54 Å². The molecule has 4 N–H and O–H groups in total. The van der Waals surface area contributed by atoms with Crippen LogP contribution in [0.1, 0.15) is 26.3 Å². The molecular weight excluding hydrogens is 202 g/mol. The van der Waals surface area contributed by atoms with Crippen LogP contribution in [0.25, 0.3) is 0 Å². The molecule has 0 aromatic heterocycles. The van der Waals surface area contributed by atoms with Crippen molar-refractivity contribution >= 4 is 11.7 Å². The van der Waals surface area contributed by atoms with Gasteiger partial charge in [0.15, 0.2) is 0 Å². The second-order valence-electron chi connectivity index (χ2n) is 4.23. The Morgan fingerprint density at radius 3 is 2.38 bits per heavy atom. The molecule has 0 aliphatic heterocycles. The summed E-state index contributed by atoms with van der Waals surface area (Å²) in [6, 6.07) is 7.33. The lowest BCUT2D eigenvalue weighted by atomic mass is 9.94. The Kier molecular flexibility index (Phi) is 3.77. The summed E-state index contributed by atoms with van der Waals surface area (Å²) < 4.78 is 0. The van der Waals surface area contributed by atoms with Crippen LogP contribution in [-0.4, -0.2) is 12.6 Å². The number of urea groups is 1. The molecule has 2 amide bonds. The first-order chi connectivity index (χ1) is 7.45. The smallest absolute Gasteiger partial charge is 0.315 e. The highest BCUT2D eigenvalue weighted by Gasteiger charge is 2.22. The van der Waals surface area contributed by atoms with Gasteiger partial charge in [-0.05, 0) is 38.5 Å². The maximum absolute atomic E-state index is 11.5. The molecule has 0 aliphatic carbocycles. The molecule has 0 fully saturated rings. The predicted octanol–water partition coefficient (Wildman–Crippen LogP) is 1.82. The molecular formula is C12H19N3O. The fraction of sp³-hybridized carbons (Fsp3) is 0.417. The minimum absolute atomic E-state index is 0.163. The van der Waals surface area contributed by atoms with Gasteiger partial charge in [0.2, 0.25) is 0 Å². The van der Waals surface area contributed by atoms with Gasteiger partial charge in [0, 0.05) is 12.2 Å². The SMILES string of the molecule is CCNC(=O)NC(C)(C)c1ccc(N)cc1. The Bertz CT molecular complexity index is 357. The molecule has 0 heterocycles. The second kappa shape index (κ2) is 4.88. The van der Waals surface area contributed by atoms with Crippen LogP contribution in [0.4, 0.5) is 10.5 Å². The number of rotatable bonds is 3. The van der Waals surface area contributed by atoms with Crippen molar-refractivity contribution in [3.63, 3.8) is 0 Å². The van der Waals surface area contributed by atoms with E-state index in [-0.39, 0.29) is 6.03 Å². The van der Waals surface area contributed by atoms with Crippen molar-refractivity contribution in [2.24, 2.45) is 0 Å². The highest BCUT2D eigenvalue weighted by Crippen LogP contribution is 2.20. The zero-order valence-corrected chi connectivity index (χ0v) is 10.0. The topological polar surface area (TPSA) is 67.2 Å². The molecule has 16 heavy (non-hydrogen) atoms. The van der Waals surface area contributed by atoms with Gasteiger partial charge in [-0.1, -0.05) is 12.1 Å². The first-order valence-corrected chi connectivity index (χ1v) is 5.37. The van der Waals surface area contributed by atoms with Gasteiger partial charge in [0.25, 0.3) is 0 Å². The van der Waals surface area contributed by atoms with Gasteiger partial charge in [-0.2, -0.15) is 0 Å². The standard InChI is InChI=1S/C12H19N3O/c1-4-14-11(16)15-12(2,3)9-5-7-10(13)8-6-9/h5-8H,4,13H2,1-3H3,(H2,14,15,16). The van der Waals surface area contributed by atoms with Crippen LogP contribution in [0.5, 0.6) is 0 Å². The highest BCUT2D eigenvalue weighted by molar-refractivity contribution is 5.74. The lowest BCUT2D eigenvalue weighted by Crippen LogP contribution is -2.46. The van der Waals surface area contributed by atoms with E-state index < -0.39 is 5.54 Å². The van der Waals surface area contributed by atoms with Crippen LogP contribution in [0.2, 0.25) is 0 Å². The molecule has 88 valence electrons. The van der Waals surface area contributed by atoms with Gasteiger partial charge in [-0.25, -0.2) is 4.79 Å². The third-order valence-electron chi connectivity index (χ3n) is 2.40. The first-order valence-electron chi connectivity index (χ1n) is 5.37. The van der Waals surface area contributed by atoms with E-state index >= 15 is 0 Å². The van der Waals surface area contributed by atoms with Gasteiger partial charge in [-0.15, -0.1) is 0 Å². The minimum atomic E-state index is -0.410. The lowest BCUT2D eigenvalue weighted by Gasteiger charge is -2.27. The summed E-state index contributed by atoms with van der Waals surface area (Å²) in [5, 5.41) is 5.61. The zero-order chi connectivity index (χ0) is 12.2. The summed E-state index contributed by atoms with van der Waals surface area (Å²) in [5.74, 6) is 0. The van der Waals surface area contributed by atoms with Crippen LogP contribution < -0.4 is 16.4 Å². The zero-order valence-electron chi connectivity index (χ0n) is 10.0. The summed E-state index contributed by atoms with van der Waals surface area (Å²) >= 11 is 0. The predicted molar refractivity (Wildman–Crippen MR) is 66.1 cm³/mol. The molecule has 0 aliphatic rings. The maximum atomic E-state index is 11.5. The number of nitrogens with two attached hydrogens (primary N) is 1. The monoisotopic (exact) mass is 221 g/mol. The van der Waals surface area contributed by atoms with E-state index in [2.05, 4.69) is 10.6 Å². The minimum Gasteiger partial charge on any atom is -0.399 e. The lowest BCUT2D eigenvalue weighted by molar-refractivity contribution is 0.230. The largest absolute Gasteiger partial charge is 0.399 e. The first kappa shape index (κ1) is 12.4. The van der Waals surface area contributed by atoms with Crippen LogP contribution in [0.15, 0.2) is 24.3 Å². The maximum Gasteiger partial charge on any atom is 0.315 e. The van der Waals surface area contributed by atoms with Crippen molar-refractivity contribution in [2.75, 3.05) is 12.3 Å². The molecule has 0 unspecified atom stereocenters. The Morgan fingerprint density at radius 1 is 1.31 bits per heavy atom. The molecule has 0 radical (unpaired) electrons. The van der Waals surface area contributed by atoms with E-state index in [1.807, 2.05) is 45.0 Å². The molecule has 4 heteroatoms. The molecule has 1 rings (SSSR count). The molecule has 1 aromatic carbocycles. The van der Waals surface area contributed by atoms with E-state index in [9.17, 15) is 4.79 Å². The summed E-state index contributed by atoms with van der Waals surface area (Å²) in [6.45, 7) is 6.40. The quantitative estimate of drug-likeness (QED) is 0.681. The van der Waals surface area contributed by atoms with E-state index in [0.717, 1.165) is 11.3 Å². The van der Waals surface area contributed by atoms with E-state index in [4.69, 9.17) is 5.73 Å². The van der Waals surface area contributed by atoms with Crippen molar-refractivity contribution in [1.29, 1.82) is 0 Å². The summed E-state index contributed by atoms with van der Waals surface area (Å²) in [6.07, 6.45) is 0. The van der Waals surface area contributed by atoms with E-state index in [1.165, 1.54) is 0 Å². The average Bonchev–Trinajstić information content (AvgIpc) is 2.17. The Labute approximate surface area is 96.2 Å². The van der Waals surface area contributed by atoms with Crippen molar-refractivity contribution in [2.45, 2.75) is 26.3 Å². The van der Waals surface area contributed by atoms with E-state index in [1.54, 1.807) is 0 Å². The third kappa shape index (κ3) is 3.15. The number of nitrogens with one attached hydrogen (secondary N) is 2. The van der Waals surface area contributed by atoms with Crippen LogP contribution in [-0.2, 0) is 5.54 Å². The van der Waals surface area contributed by atoms with E-state index in [0.29, 0.717) is 6.54 Å². The number of benzene rings is 1. The molecule has 0 saturated carbocycles. The van der Waals surface area contributed by atoms with Crippen molar-refractivity contribution in [3.05, 3.63) is 29.8 Å². The number of amides is 2. The fourth-order valence-corrected chi connectivity index (χ4v) is 1.46. The van der Waals surface area contributed by atoms with Gasteiger partial charge < -0.3 is 16.4 Å². The summed E-state index contributed by atoms with van der Waals surface area (Å²) in [4.78, 5) is 11.5. The molecule has 0 saturated heterocycles. The molecule has 0 spiro atoms. The van der Waals surface area contributed by atoms with Gasteiger partial charge in [0.1, 0.15) is 0 Å². The van der Waals surface area contributed by atoms with Crippen molar-refractivity contribution < 1.29 is 4.79 Å². The van der Waals surface area contributed by atoms with Crippen molar-refractivity contribution in [1.82, 2.24) is 10.6 Å². The third-order valence-corrected chi connectivity index (χ3v) is 2.40. The molecule has 0 bridgehead atoms. The second-order valence-corrected chi connectivity index (χ2v) is 4.23. The molecule has 1 aromatic rings. The Morgan fingerprint density at radius 2 is 1.88 bits per heavy atom. The average molecular weight is 221 g/mol. The number of hydrogen-bond donors (Lipinski definition) is 3. The Hall–Kier alpha value is -1.71.